The topological polar surface area (TPSA) is 132 Å². The highest BCUT2D eigenvalue weighted by molar-refractivity contribution is 7.89. The molecule has 0 aromatic heterocycles. The molecule has 0 radical (unpaired) electrons. The highest BCUT2D eigenvalue weighted by atomic mass is 32.2. The number of methoxy groups -OCH3 is 1. The van der Waals surface area contributed by atoms with Crippen molar-refractivity contribution >= 4 is 27.4 Å². The third kappa shape index (κ3) is 6.78. The lowest BCUT2D eigenvalue weighted by molar-refractivity contribution is 0.182. The number of nitrogens with two attached hydrogens (primary N) is 1. The molecule has 10 heteroatoms. The van der Waals surface area contributed by atoms with E-state index in [1.807, 2.05) is 11.1 Å². The van der Waals surface area contributed by atoms with Crippen molar-refractivity contribution in [1.29, 1.82) is 5.41 Å². The molecule has 0 bridgehead atoms. The van der Waals surface area contributed by atoms with Gasteiger partial charge in [0.15, 0.2) is 0 Å². The number of aliphatic hydroxyl groups excluding tert-OH is 1. The third-order valence-electron chi connectivity index (χ3n) is 5.05. The fourth-order valence-electron chi connectivity index (χ4n) is 3.29. The number of sulfonamides is 1. The van der Waals surface area contributed by atoms with Crippen LogP contribution in [0.15, 0.2) is 70.9 Å². The lowest BCUT2D eigenvalue weighted by Gasteiger charge is -2.20. The zero-order valence-electron chi connectivity index (χ0n) is 18.4. The van der Waals surface area contributed by atoms with Crippen molar-refractivity contribution in [3.63, 3.8) is 0 Å². The lowest BCUT2D eigenvalue weighted by Crippen LogP contribution is -2.30. The fraction of sp³-hybridized carbons (Fsp3) is 0.364. The SMILES string of the molecule is C=CCC(/C=C/O)/C(=N/C(=N)N(C)CCOC)C1=CN(c2cccc(S(N)(=O)=O)c2)CC1. The molecule has 0 aliphatic carbocycles. The molecule has 1 aliphatic rings. The van der Waals surface area contributed by atoms with E-state index in [1.165, 1.54) is 12.1 Å². The average molecular weight is 462 g/mol. The summed E-state index contributed by atoms with van der Waals surface area (Å²) in [5.41, 5.74) is 2.23. The van der Waals surface area contributed by atoms with Gasteiger partial charge in [0.1, 0.15) is 0 Å². The van der Waals surface area contributed by atoms with Gasteiger partial charge < -0.3 is 19.6 Å². The first kappa shape index (κ1) is 25.3. The smallest absolute Gasteiger partial charge is 0.238 e. The molecule has 174 valence electrons. The van der Waals surface area contributed by atoms with Gasteiger partial charge in [0.2, 0.25) is 16.0 Å². The third-order valence-corrected chi connectivity index (χ3v) is 5.96. The molecule has 1 unspecified atom stereocenters. The van der Waals surface area contributed by atoms with Crippen LogP contribution in [-0.2, 0) is 14.8 Å². The molecule has 4 N–H and O–H groups in total. The number of hydrogen-bond donors (Lipinski definition) is 3. The molecule has 0 amide bonds. The first-order chi connectivity index (χ1) is 15.2. The summed E-state index contributed by atoms with van der Waals surface area (Å²) >= 11 is 0. The summed E-state index contributed by atoms with van der Waals surface area (Å²) in [5, 5.41) is 23.1. The van der Waals surface area contributed by atoms with E-state index in [1.54, 1.807) is 43.3 Å². The summed E-state index contributed by atoms with van der Waals surface area (Å²) in [6.07, 6.45) is 7.40. The Balaban J connectivity index is 2.42. The maximum atomic E-state index is 11.7. The number of benzene rings is 1. The van der Waals surface area contributed by atoms with Crippen molar-refractivity contribution in [3.8, 4) is 0 Å². The predicted molar refractivity (Wildman–Crippen MR) is 128 cm³/mol. The molecule has 32 heavy (non-hydrogen) atoms. The molecular formula is C22H31N5O4S. The molecule has 1 atom stereocenters. The van der Waals surface area contributed by atoms with Gasteiger partial charge in [-0.15, -0.1) is 6.58 Å². The van der Waals surface area contributed by atoms with Crippen LogP contribution in [0.4, 0.5) is 5.69 Å². The van der Waals surface area contributed by atoms with Crippen LogP contribution in [0.2, 0.25) is 0 Å². The van der Waals surface area contributed by atoms with Gasteiger partial charge in [-0.25, -0.2) is 18.5 Å². The minimum absolute atomic E-state index is 0.0417. The van der Waals surface area contributed by atoms with Crippen molar-refractivity contribution in [2.75, 3.05) is 38.8 Å². The highest BCUT2D eigenvalue weighted by Gasteiger charge is 2.24. The Labute approximate surface area is 189 Å². The first-order valence-electron chi connectivity index (χ1n) is 10.1. The first-order valence-corrected chi connectivity index (χ1v) is 11.7. The second-order valence-electron chi connectivity index (χ2n) is 7.35. The summed E-state index contributed by atoms with van der Waals surface area (Å²) in [7, 11) is -0.446. The number of ether oxygens (including phenoxy) is 1. The quantitative estimate of drug-likeness (QED) is 0.212. The minimum Gasteiger partial charge on any atom is -0.516 e. The van der Waals surface area contributed by atoms with Crippen LogP contribution in [0.25, 0.3) is 0 Å². The fourth-order valence-corrected chi connectivity index (χ4v) is 3.84. The number of hydrogen-bond acceptors (Lipinski definition) is 6. The number of nitrogens with zero attached hydrogens (tertiary/aromatic N) is 3. The van der Waals surface area contributed by atoms with Crippen LogP contribution in [0.1, 0.15) is 12.8 Å². The number of aliphatic imine (C=N–C) groups is 1. The molecular weight excluding hydrogens is 430 g/mol. The Morgan fingerprint density at radius 2 is 2.25 bits per heavy atom. The number of rotatable bonds is 10. The summed E-state index contributed by atoms with van der Waals surface area (Å²) < 4.78 is 28.5. The Bertz CT molecular complexity index is 1020. The van der Waals surface area contributed by atoms with Gasteiger partial charge >= 0.3 is 0 Å². The zero-order chi connectivity index (χ0) is 23.7. The summed E-state index contributed by atoms with van der Waals surface area (Å²) in [6.45, 7) is 5.38. The number of allylic oxidation sites excluding steroid dienone is 2. The van der Waals surface area contributed by atoms with E-state index in [-0.39, 0.29) is 16.8 Å². The van der Waals surface area contributed by atoms with Crippen LogP contribution in [-0.4, -0.2) is 63.9 Å². The molecule has 1 heterocycles. The zero-order valence-corrected chi connectivity index (χ0v) is 19.3. The monoisotopic (exact) mass is 461 g/mol. The number of aliphatic hydroxyl groups is 1. The molecule has 0 saturated carbocycles. The average Bonchev–Trinajstić information content (AvgIpc) is 3.25. The second-order valence-corrected chi connectivity index (χ2v) is 8.91. The summed E-state index contributed by atoms with van der Waals surface area (Å²) in [4.78, 5) is 8.23. The van der Waals surface area contributed by atoms with Gasteiger partial charge in [-0.05, 0) is 42.7 Å². The maximum Gasteiger partial charge on any atom is 0.238 e. The van der Waals surface area contributed by atoms with Gasteiger partial charge in [-0.3, -0.25) is 5.41 Å². The summed E-state index contributed by atoms with van der Waals surface area (Å²) in [5.74, 6) is -0.191. The second kappa shape index (κ2) is 11.6. The Morgan fingerprint density at radius 3 is 2.88 bits per heavy atom. The van der Waals surface area contributed by atoms with Gasteiger partial charge in [0.25, 0.3) is 0 Å². The molecule has 1 aromatic rings. The van der Waals surface area contributed by atoms with E-state index in [0.717, 1.165) is 11.8 Å². The van der Waals surface area contributed by atoms with E-state index in [0.29, 0.717) is 43.9 Å². The number of anilines is 1. The van der Waals surface area contributed by atoms with Gasteiger partial charge in [0, 0.05) is 45.1 Å². The van der Waals surface area contributed by atoms with Gasteiger partial charge in [0.05, 0.1) is 23.5 Å². The number of nitrogens with one attached hydrogen (secondary N) is 1. The van der Waals surface area contributed by atoms with E-state index < -0.39 is 10.0 Å². The molecule has 1 aliphatic heterocycles. The van der Waals surface area contributed by atoms with E-state index in [9.17, 15) is 13.5 Å². The van der Waals surface area contributed by atoms with Crippen molar-refractivity contribution in [2.45, 2.75) is 17.7 Å². The normalized spacial score (nSPS) is 15.7. The van der Waals surface area contributed by atoms with Crippen LogP contribution in [0.5, 0.6) is 0 Å². The number of guanidine groups is 1. The van der Waals surface area contributed by atoms with Crippen molar-refractivity contribution in [2.24, 2.45) is 16.0 Å². The Kier molecular flexibility index (Phi) is 9.18. The molecule has 0 fully saturated rings. The van der Waals surface area contributed by atoms with Crippen molar-refractivity contribution < 1.29 is 18.3 Å². The van der Waals surface area contributed by atoms with Crippen LogP contribution in [0, 0.1) is 11.3 Å². The van der Waals surface area contributed by atoms with Gasteiger partial charge in [-0.1, -0.05) is 12.1 Å². The Morgan fingerprint density at radius 1 is 1.50 bits per heavy atom. The standard InChI is InChI=1S/C22H31N5O4S/c1-4-6-17(10-13-28)21(25-22(23)26(2)12-14-31-3)18-9-11-27(16-18)19-7-5-8-20(15-19)32(24,29)30/h4-5,7-8,10,13,15-17,23,28H,1,6,9,11-12,14H2,2-3H3,(H2,24,29,30)/b13-10+,23-22?,25-21-. The predicted octanol–water partition coefficient (Wildman–Crippen LogP) is 2.65. The lowest BCUT2D eigenvalue weighted by atomic mass is 9.93. The van der Waals surface area contributed by atoms with Crippen LogP contribution in [0.3, 0.4) is 0 Å². The Hall–Kier alpha value is -2.95. The van der Waals surface area contributed by atoms with Crippen molar-refractivity contribution in [3.05, 3.63) is 61.0 Å². The highest BCUT2D eigenvalue weighted by Crippen LogP contribution is 2.28. The number of primary sulfonamides is 1. The minimum atomic E-state index is -3.81. The van der Waals surface area contributed by atoms with Crippen LogP contribution >= 0.6 is 0 Å². The largest absolute Gasteiger partial charge is 0.516 e. The van der Waals surface area contributed by atoms with E-state index >= 15 is 0 Å². The van der Waals surface area contributed by atoms with Crippen LogP contribution < -0.4 is 10.0 Å². The van der Waals surface area contributed by atoms with Gasteiger partial charge in [-0.2, -0.15) is 0 Å². The molecule has 0 saturated heterocycles. The molecule has 9 nitrogen and oxygen atoms in total. The molecule has 1 aromatic carbocycles. The van der Waals surface area contributed by atoms with Crippen molar-refractivity contribution in [1.82, 2.24) is 4.90 Å². The van der Waals surface area contributed by atoms with E-state index in [4.69, 9.17) is 15.3 Å². The summed E-state index contributed by atoms with van der Waals surface area (Å²) in [6, 6.07) is 6.43. The maximum absolute atomic E-state index is 11.7. The van der Waals surface area contributed by atoms with E-state index in [2.05, 4.69) is 11.6 Å². The molecule has 2 rings (SSSR count). The molecule has 0 spiro atoms. The number of likely N-dealkylation sites (N-methyl/N-ethyl adjacent to an activating group) is 1.